The van der Waals surface area contributed by atoms with Gasteiger partial charge in [0.2, 0.25) is 0 Å². The Morgan fingerprint density at radius 1 is 0.833 bits per heavy atom. The first-order chi connectivity index (χ1) is 14.3. The first-order valence-electron chi connectivity index (χ1n) is 9.03. The van der Waals surface area contributed by atoms with Crippen LogP contribution in [0.5, 0.6) is 0 Å². The molecule has 3 aliphatic heterocycles. The molecule has 0 saturated carbocycles. The Morgan fingerprint density at radius 2 is 1.30 bits per heavy atom. The zero-order valence-electron chi connectivity index (χ0n) is 15.8. The molecule has 3 rings (SSSR count). The molecule has 0 radical (unpaired) electrons. The number of halogens is 1. The molecule has 30 heavy (non-hydrogen) atoms. The smallest absolute Gasteiger partial charge is 0.385 e. The third kappa shape index (κ3) is 8.12. The van der Waals surface area contributed by atoms with Gasteiger partial charge >= 0.3 is 30.0 Å². The van der Waals surface area contributed by atoms with Crippen molar-refractivity contribution in [2.45, 2.75) is 6.17 Å². The Hall–Kier alpha value is -0.0751. The number of hydrogen-bond donors (Lipinski definition) is 0. The summed E-state index contributed by atoms with van der Waals surface area (Å²) in [6.07, 6.45) is -1.51. The van der Waals surface area contributed by atoms with Crippen molar-refractivity contribution >= 4 is 40.2 Å². The van der Waals surface area contributed by atoms with E-state index >= 15 is 0 Å². The van der Waals surface area contributed by atoms with Gasteiger partial charge in [-0.15, -0.1) is 0 Å². The zero-order valence-corrected chi connectivity index (χ0v) is 18.2. The van der Waals surface area contributed by atoms with E-state index in [2.05, 4.69) is 4.18 Å². The molecule has 2 unspecified atom stereocenters. The maximum Gasteiger partial charge on any atom is 0.639 e. The second-order valence-electron chi connectivity index (χ2n) is 6.85. The molecule has 0 aromatic heterocycles. The average molecular weight is 496 g/mol. The summed E-state index contributed by atoms with van der Waals surface area (Å²) in [5, 5.41) is 0. The number of rotatable bonds is 9. The molecular formula is C13H22BFO12S3. The lowest BCUT2D eigenvalue weighted by molar-refractivity contribution is 0.0115. The molecule has 17 heteroatoms. The van der Waals surface area contributed by atoms with Gasteiger partial charge in [-0.2, -0.15) is 16.8 Å². The molecule has 0 aromatic rings. The zero-order chi connectivity index (χ0) is 21.6. The molecule has 3 heterocycles. The van der Waals surface area contributed by atoms with Crippen molar-refractivity contribution in [3.8, 4) is 0 Å². The van der Waals surface area contributed by atoms with E-state index in [1.54, 1.807) is 0 Å². The first-order valence-corrected chi connectivity index (χ1v) is 12.6. The molecule has 0 aromatic carbocycles. The van der Waals surface area contributed by atoms with E-state index in [1.165, 1.54) is 0 Å². The van der Waals surface area contributed by atoms with Crippen molar-refractivity contribution in [2.75, 3.05) is 58.6 Å². The molecule has 0 N–H and O–H groups in total. The normalized spacial score (nSPS) is 37.0. The highest BCUT2D eigenvalue weighted by molar-refractivity contribution is 7.86. The summed E-state index contributed by atoms with van der Waals surface area (Å²) in [5.74, 6) is -1.93. The molecule has 3 saturated heterocycles. The minimum absolute atomic E-state index is 0.0642. The molecule has 0 amide bonds. The van der Waals surface area contributed by atoms with E-state index in [9.17, 15) is 21.2 Å². The third-order valence-corrected chi connectivity index (χ3v) is 6.96. The van der Waals surface area contributed by atoms with Gasteiger partial charge in [0.05, 0.1) is 38.8 Å². The summed E-state index contributed by atoms with van der Waals surface area (Å²) < 4.78 is 99.8. The molecule has 0 aliphatic carbocycles. The monoisotopic (exact) mass is 496 g/mol. The molecule has 174 valence electrons. The van der Waals surface area contributed by atoms with Crippen LogP contribution < -0.4 is 0 Å². The van der Waals surface area contributed by atoms with E-state index in [-0.39, 0.29) is 58.1 Å². The van der Waals surface area contributed by atoms with Crippen LogP contribution in [0, 0.1) is 17.8 Å². The van der Waals surface area contributed by atoms with Crippen molar-refractivity contribution in [1.29, 1.82) is 0 Å². The first kappa shape index (κ1) is 24.6. The summed E-state index contributed by atoms with van der Waals surface area (Å²) in [6.45, 7) is -0.160. The summed E-state index contributed by atoms with van der Waals surface area (Å²) in [6, 6.07) is 0. The highest BCUT2D eigenvalue weighted by Crippen LogP contribution is 2.21. The van der Waals surface area contributed by atoms with Gasteiger partial charge in [0, 0.05) is 37.6 Å². The molecule has 0 spiro atoms. The van der Waals surface area contributed by atoms with Gasteiger partial charge in [0.1, 0.15) is 6.17 Å². The van der Waals surface area contributed by atoms with E-state index in [4.69, 9.17) is 30.7 Å². The maximum atomic E-state index is 14.0. The Bertz CT molecular complexity index is 659. The van der Waals surface area contributed by atoms with Gasteiger partial charge in [0.25, 0.3) is 10.1 Å². The van der Waals surface area contributed by atoms with Crippen LogP contribution in [0.3, 0.4) is 0 Å². The number of alkyl halides is 1. The van der Waals surface area contributed by atoms with E-state index < -0.39 is 64.6 Å². The van der Waals surface area contributed by atoms with Crippen LogP contribution in [-0.2, 0) is 67.7 Å². The van der Waals surface area contributed by atoms with Gasteiger partial charge in [-0.05, 0) is 0 Å². The molecule has 3 aliphatic rings. The van der Waals surface area contributed by atoms with Gasteiger partial charge in [-0.1, -0.05) is 0 Å². The molecule has 0 bridgehead atoms. The van der Waals surface area contributed by atoms with Crippen molar-refractivity contribution in [1.82, 2.24) is 0 Å². The van der Waals surface area contributed by atoms with Crippen molar-refractivity contribution in [2.24, 2.45) is 17.8 Å². The quantitative estimate of drug-likeness (QED) is 0.280. The minimum Gasteiger partial charge on any atom is -0.385 e. The fourth-order valence-electron chi connectivity index (χ4n) is 2.61. The van der Waals surface area contributed by atoms with Gasteiger partial charge in [0.15, 0.2) is 0 Å². The lowest BCUT2D eigenvalue weighted by Gasteiger charge is -2.28. The summed E-state index contributed by atoms with van der Waals surface area (Å²) >= 11 is -3.57. The lowest BCUT2D eigenvalue weighted by atomic mass is 10.1. The topological polar surface area (TPSA) is 142 Å². The van der Waals surface area contributed by atoms with Crippen LogP contribution in [0.1, 0.15) is 0 Å². The Kier molecular flexibility index (Phi) is 9.57. The van der Waals surface area contributed by atoms with Crippen LogP contribution in [0.15, 0.2) is 0 Å². The van der Waals surface area contributed by atoms with Gasteiger partial charge < -0.3 is 14.0 Å². The average Bonchev–Trinajstić information content (AvgIpc) is 2.72. The van der Waals surface area contributed by atoms with Crippen LogP contribution in [0.2, 0.25) is 0 Å². The largest absolute Gasteiger partial charge is 0.639 e. The van der Waals surface area contributed by atoms with Gasteiger partial charge in [-0.3, -0.25) is 20.9 Å². The van der Waals surface area contributed by atoms with E-state index in [1.807, 2.05) is 0 Å². The Morgan fingerprint density at radius 3 is 1.80 bits per heavy atom. The standard InChI is InChI=1S/C13H22BFO12S3/c15-13-8-27-30(18,19)9-12(13)7-22-14(20-1-10-3-23-28(16)24-4-10)21-2-11-5-25-29(17)26-6-11/h10-13H,1-9H2. The summed E-state index contributed by atoms with van der Waals surface area (Å²) in [5.41, 5.74) is 0. The van der Waals surface area contributed by atoms with Crippen LogP contribution in [0.25, 0.3) is 0 Å². The third-order valence-electron chi connectivity index (χ3n) is 4.32. The highest BCUT2D eigenvalue weighted by atomic mass is 32.2. The predicted octanol–water partition coefficient (Wildman–Crippen LogP) is -1.18. The Balaban J connectivity index is 1.49. The summed E-state index contributed by atoms with van der Waals surface area (Å²) in [4.78, 5) is 0. The lowest BCUT2D eigenvalue weighted by Crippen LogP contribution is -2.42. The second-order valence-corrected chi connectivity index (χ2v) is 10.3. The van der Waals surface area contributed by atoms with Crippen LogP contribution in [-0.4, -0.2) is 88.9 Å². The minimum atomic E-state index is -3.81. The molecule has 3 fully saturated rings. The fourth-order valence-corrected chi connectivity index (χ4v) is 5.22. The fraction of sp³-hybridized carbons (Fsp3) is 1.00. The van der Waals surface area contributed by atoms with Crippen LogP contribution >= 0.6 is 0 Å². The SMILES string of the molecule is O=S1OCC(COB(OCC2COS(=O)OC2)OCC2CS(=O)(=O)OCC2F)CO1. The highest BCUT2D eigenvalue weighted by Gasteiger charge is 2.37. The van der Waals surface area contributed by atoms with Crippen molar-refractivity contribution in [3.05, 3.63) is 0 Å². The maximum absolute atomic E-state index is 14.0. The molecule has 2 atom stereocenters. The number of hydrogen-bond acceptors (Lipinski definition) is 12. The Labute approximate surface area is 179 Å². The molecule has 12 nitrogen and oxygen atoms in total. The summed E-state index contributed by atoms with van der Waals surface area (Å²) in [7, 11) is -5.06. The second kappa shape index (κ2) is 11.7. The van der Waals surface area contributed by atoms with Gasteiger partial charge in [-0.25, -0.2) is 4.39 Å². The predicted molar refractivity (Wildman–Crippen MR) is 98.8 cm³/mol. The van der Waals surface area contributed by atoms with Crippen LogP contribution in [0.4, 0.5) is 4.39 Å². The van der Waals surface area contributed by atoms with Crippen molar-refractivity contribution in [3.63, 3.8) is 0 Å². The van der Waals surface area contributed by atoms with Crippen molar-refractivity contribution < 1.29 is 56.1 Å². The van der Waals surface area contributed by atoms with E-state index in [0.29, 0.717) is 0 Å². The molecular weight excluding hydrogens is 474 g/mol. The van der Waals surface area contributed by atoms with E-state index in [0.717, 1.165) is 0 Å².